The van der Waals surface area contributed by atoms with Gasteiger partial charge in [0.05, 0.1) is 18.6 Å². The summed E-state index contributed by atoms with van der Waals surface area (Å²) in [6, 6.07) is 0. The molecule has 0 fully saturated rings. The summed E-state index contributed by atoms with van der Waals surface area (Å²) >= 11 is 0. The van der Waals surface area contributed by atoms with E-state index in [1.54, 1.807) is 6.92 Å². The first kappa shape index (κ1) is 10.8. The van der Waals surface area contributed by atoms with Crippen molar-refractivity contribution in [2.45, 2.75) is 19.8 Å². The Morgan fingerprint density at radius 3 is 2.50 bits per heavy atom. The van der Waals surface area contributed by atoms with Crippen LogP contribution in [-0.4, -0.2) is 24.9 Å². The summed E-state index contributed by atoms with van der Waals surface area (Å²) in [4.78, 5) is 20.4. The molecule has 3 nitrogen and oxygen atoms in total. The Kier molecular flexibility index (Phi) is 4.88. The van der Waals surface area contributed by atoms with Gasteiger partial charge in [0.1, 0.15) is 5.94 Å². The van der Waals surface area contributed by atoms with E-state index in [9.17, 15) is 18.4 Å². The zero-order valence-electron chi connectivity index (χ0n) is 6.47. The third kappa shape index (κ3) is 3.83. The average molecular weight is 178 g/mol. The van der Waals surface area contributed by atoms with E-state index in [1.807, 2.05) is 0 Å². The maximum atomic E-state index is 11.8. The molecule has 68 valence electrons. The summed E-state index contributed by atoms with van der Waals surface area (Å²) in [5, 5.41) is 0. The van der Waals surface area contributed by atoms with Crippen LogP contribution in [0.1, 0.15) is 13.3 Å². The highest BCUT2D eigenvalue weighted by atomic mass is 19.3. The Morgan fingerprint density at radius 2 is 2.17 bits per heavy atom. The van der Waals surface area contributed by atoms with Crippen molar-refractivity contribution in [2.24, 2.45) is 0 Å². The summed E-state index contributed by atoms with van der Waals surface area (Å²) in [6.07, 6.45) is -3.62. The molecule has 0 spiro atoms. The van der Waals surface area contributed by atoms with Crippen molar-refractivity contribution < 1.29 is 23.1 Å². The molecule has 0 aromatic rings. The summed E-state index contributed by atoms with van der Waals surface area (Å²) in [7, 11) is 0. The molecule has 0 atom stereocenters. The van der Waals surface area contributed by atoms with E-state index in [1.165, 1.54) is 0 Å². The van der Waals surface area contributed by atoms with Gasteiger partial charge in [-0.25, -0.2) is 13.6 Å². The van der Waals surface area contributed by atoms with Gasteiger partial charge < -0.3 is 4.74 Å². The van der Waals surface area contributed by atoms with Crippen LogP contribution in [0.15, 0.2) is 5.57 Å². The molecule has 0 aliphatic rings. The SMILES string of the molecule is CCOC(=O)CC(=C=O)C(F)F. The monoisotopic (exact) mass is 178 g/mol. The first-order chi connectivity index (χ1) is 5.61. The fourth-order valence-electron chi connectivity index (χ4n) is 0.525. The lowest BCUT2D eigenvalue weighted by Crippen LogP contribution is -2.09. The van der Waals surface area contributed by atoms with Crippen LogP contribution in [0.4, 0.5) is 8.78 Å². The number of ether oxygens (including phenoxy) is 1. The number of hydrogen-bond donors (Lipinski definition) is 0. The molecule has 0 radical (unpaired) electrons. The van der Waals surface area contributed by atoms with Crippen LogP contribution < -0.4 is 0 Å². The highest BCUT2D eigenvalue weighted by molar-refractivity contribution is 5.76. The van der Waals surface area contributed by atoms with Gasteiger partial charge in [0.15, 0.2) is 0 Å². The molecule has 0 amide bonds. The Balaban J connectivity index is 4.05. The zero-order chi connectivity index (χ0) is 9.56. The molecule has 0 aromatic carbocycles. The Labute approximate surface area is 68.0 Å². The first-order valence-electron chi connectivity index (χ1n) is 3.29. The number of carbonyl (C=O) groups is 1. The van der Waals surface area contributed by atoms with E-state index in [0.29, 0.717) is 0 Å². The summed E-state index contributed by atoms with van der Waals surface area (Å²) < 4.78 is 27.9. The fraction of sp³-hybridized carbons (Fsp3) is 0.571. The maximum absolute atomic E-state index is 11.8. The fourth-order valence-corrected chi connectivity index (χ4v) is 0.525. The normalized spacial score (nSPS) is 9.33. The quantitative estimate of drug-likeness (QED) is 0.475. The van der Waals surface area contributed by atoms with E-state index in [0.717, 1.165) is 5.94 Å². The van der Waals surface area contributed by atoms with Crippen LogP contribution >= 0.6 is 0 Å². The van der Waals surface area contributed by atoms with E-state index >= 15 is 0 Å². The summed E-state index contributed by atoms with van der Waals surface area (Å²) in [6.45, 7) is 1.65. The molecule has 0 bridgehead atoms. The second-order valence-electron chi connectivity index (χ2n) is 1.91. The molecule has 0 aromatic heterocycles. The topological polar surface area (TPSA) is 43.4 Å². The van der Waals surface area contributed by atoms with Gasteiger partial charge in [-0.1, -0.05) is 0 Å². The largest absolute Gasteiger partial charge is 0.466 e. The van der Waals surface area contributed by atoms with Crippen LogP contribution in [0.3, 0.4) is 0 Å². The van der Waals surface area contributed by atoms with Gasteiger partial charge in [-0.15, -0.1) is 0 Å². The van der Waals surface area contributed by atoms with Crippen LogP contribution in [-0.2, 0) is 14.3 Å². The Bertz CT molecular complexity index is 207. The van der Waals surface area contributed by atoms with Crippen molar-refractivity contribution in [3.63, 3.8) is 0 Å². The predicted octanol–water partition coefficient (Wildman–Crippen LogP) is 0.963. The molecule has 0 unspecified atom stereocenters. The maximum Gasteiger partial charge on any atom is 0.310 e. The standard InChI is InChI=1S/C7H8F2O3/c1-2-12-6(11)3-5(4-10)7(8)9/h7H,2-3H2,1H3. The van der Waals surface area contributed by atoms with Gasteiger partial charge in [-0.05, 0) is 6.92 Å². The van der Waals surface area contributed by atoms with Crippen molar-refractivity contribution in [1.29, 1.82) is 0 Å². The minimum Gasteiger partial charge on any atom is -0.466 e. The summed E-state index contributed by atoms with van der Waals surface area (Å²) in [5.74, 6) is 0.170. The molecule has 0 N–H and O–H groups in total. The molecule has 0 rings (SSSR count). The van der Waals surface area contributed by atoms with Gasteiger partial charge in [-0.3, -0.25) is 4.79 Å². The number of esters is 1. The third-order valence-corrected chi connectivity index (χ3v) is 1.03. The lowest BCUT2D eigenvalue weighted by atomic mass is 10.2. The number of hydrogen-bond acceptors (Lipinski definition) is 3. The van der Waals surface area contributed by atoms with Crippen molar-refractivity contribution in [2.75, 3.05) is 6.61 Å². The molecule has 0 saturated carbocycles. The van der Waals surface area contributed by atoms with Crippen molar-refractivity contribution >= 4 is 11.9 Å². The Hall–Kier alpha value is -1.22. The van der Waals surface area contributed by atoms with Crippen molar-refractivity contribution in [3.8, 4) is 0 Å². The highest BCUT2D eigenvalue weighted by Crippen LogP contribution is 2.09. The summed E-state index contributed by atoms with van der Waals surface area (Å²) in [5.41, 5.74) is -0.867. The second-order valence-corrected chi connectivity index (χ2v) is 1.91. The van der Waals surface area contributed by atoms with Gasteiger partial charge >= 0.3 is 5.97 Å². The number of carbonyl (C=O) groups excluding carboxylic acids is 2. The van der Waals surface area contributed by atoms with E-state index in [4.69, 9.17) is 0 Å². The smallest absolute Gasteiger partial charge is 0.310 e. The van der Waals surface area contributed by atoms with Crippen LogP contribution in [0.5, 0.6) is 0 Å². The number of rotatable bonds is 4. The third-order valence-electron chi connectivity index (χ3n) is 1.03. The lowest BCUT2D eigenvalue weighted by Gasteiger charge is -2.01. The minimum absolute atomic E-state index is 0.105. The van der Waals surface area contributed by atoms with Crippen LogP contribution in [0, 0.1) is 0 Å². The molecule has 0 saturated heterocycles. The number of halogens is 2. The van der Waals surface area contributed by atoms with Gasteiger partial charge in [0.25, 0.3) is 6.43 Å². The number of alkyl halides is 2. The highest BCUT2D eigenvalue weighted by Gasteiger charge is 2.16. The van der Waals surface area contributed by atoms with E-state index in [2.05, 4.69) is 4.74 Å². The van der Waals surface area contributed by atoms with E-state index < -0.39 is 24.4 Å². The van der Waals surface area contributed by atoms with Crippen molar-refractivity contribution in [3.05, 3.63) is 5.57 Å². The van der Waals surface area contributed by atoms with E-state index in [-0.39, 0.29) is 6.61 Å². The first-order valence-corrected chi connectivity index (χ1v) is 3.29. The molecular weight excluding hydrogens is 170 g/mol. The second kappa shape index (κ2) is 5.43. The van der Waals surface area contributed by atoms with Gasteiger partial charge in [0.2, 0.25) is 0 Å². The lowest BCUT2D eigenvalue weighted by molar-refractivity contribution is -0.142. The molecule has 5 heteroatoms. The van der Waals surface area contributed by atoms with Gasteiger partial charge in [0, 0.05) is 0 Å². The Morgan fingerprint density at radius 1 is 1.58 bits per heavy atom. The zero-order valence-corrected chi connectivity index (χ0v) is 6.47. The molecule has 0 aliphatic carbocycles. The molecule has 0 aliphatic heterocycles. The van der Waals surface area contributed by atoms with Crippen LogP contribution in [0.25, 0.3) is 0 Å². The average Bonchev–Trinajstić information content (AvgIpc) is 2.00. The predicted molar refractivity (Wildman–Crippen MR) is 36.5 cm³/mol. The van der Waals surface area contributed by atoms with Gasteiger partial charge in [-0.2, -0.15) is 0 Å². The molecule has 12 heavy (non-hydrogen) atoms. The minimum atomic E-state index is -2.94. The van der Waals surface area contributed by atoms with Crippen molar-refractivity contribution in [1.82, 2.24) is 0 Å². The molecule has 0 heterocycles. The molecular formula is C7H8F2O3. The van der Waals surface area contributed by atoms with Crippen LogP contribution in [0.2, 0.25) is 0 Å².